The predicted octanol–water partition coefficient (Wildman–Crippen LogP) is 3.90. The fourth-order valence-corrected chi connectivity index (χ4v) is 3.32. The Balaban J connectivity index is 2.10. The van der Waals surface area contributed by atoms with Crippen LogP contribution in [0, 0.1) is 6.92 Å². The summed E-state index contributed by atoms with van der Waals surface area (Å²) in [4.78, 5) is 0. The van der Waals surface area contributed by atoms with Gasteiger partial charge in [0.05, 0.1) is 0 Å². The Hall–Kier alpha value is -2.16. The standard InChI is InChI=1S/C19H16O2/c1-11-5-4-6-12-9-16-13-7-2-3-8-14(13)18(20)19(21)17(16)10-15(11)12/h2-10,18-21H,1H3/t18-,19-/m0/s1. The first-order valence-corrected chi connectivity index (χ1v) is 7.15. The van der Waals surface area contributed by atoms with Crippen LogP contribution < -0.4 is 0 Å². The lowest BCUT2D eigenvalue weighted by Gasteiger charge is -2.29. The van der Waals surface area contributed by atoms with Gasteiger partial charge in [0, 0.05) is 0 Å². The van der Waals surface area contributed by atoms with Gasteiger partial charge in [-0.1, -0.05) is 42.5 Å². The van der Waals surface area contributed by atoms with Crippen LogP contribution >= 0.6 is 0 Å². The van der Waals surface area contributed by atoms with Gasteiger partial charge in [0.25, 0.3) is 0 Å². The molecule has 0 spiro atoms. The third-order valence-corrected chi connectivity index (χ3v) is 4.46. The van der Waals surface area contributed by atoms with Crippen molar-refractivity contribution >= 4 is 10.8 Å². The minimum absolute atomic E-state index is 0.796. The Morgan fingerprint density at radius 3 is 2.38 bits per heavy atom. The lowest BCUT2D eigenvalue weighted by atomic mass is 9.80. The number of hydrogen-bond acceptors (Lipinski definition) is 2. The van der Waals surface area contributed by atoms with Crippen LogP contribution in [0.25, 0.3) is 21.9 Å². The van der Waals surface area contributed by atoms with Crippen molar-refractivity contribution in [1.82, 2.24) is 0 Å². The van der Waals surface area contributed by atoms with E-state index in [1.807, 2.05) is 36.4 Å². The summed E-state index contributed by atoms with van der Waals surface area (Å²) >= 11 is 0. The molecule has 2 atom stereocenters. The molecule has 2 nitrogen and oxygen atoms in total. The smallest absolute Gasteiger partial charge is 0.110 e. The molecule has 0 fully saturated rings. The highest BCUT2D eigenvalue weighted by Crippen LogP contribution is 2.45. The highest BCUT2D eigenvalue weighted by atomic mass is 16.3. The average Bonchev–Trinajstić information content (AvgIpc) is 2.52. The van der Waals surface area contributed by atoms with Gasteiger partial charge in [0.2, 0.25) is 0 Å². The van der Waals surface area contributed by atoms with Gasteiger partial charge in [-0.05, 0) is 57.6 Å². The Morgan fingerprint density at radius 1 is 0.762 bits per heavy atom. The average molecular weight is 276 g/mol. The van der Waals surface area contributed by atoms with Crippen molar-refractivity contribution < 1.29 is 10.2 Å². The van der Waals surface area contributed by atoms with Gasteiger partial charge in [0.15, 0.2) is 0 Å². The quantitative estimate of drug-likeness (QED) is 0.654. The molecule has 1 aliphatic carbocycles. The minimum atomic E-state index is -0.876. The van der Waals surface area contributed by atoms with E-state index in [2.05, 4.69) is 25.1 Å². The number of fused-ring (bicyclic) bond motifs is 4. The van der Waals surface area contributed by atoms with E-state index in [0.717, 1.165) is 33.0 Å². The number of aliphatic hydroxyl groups is 2. The number of rotatable bonds is 0. The van der Waals surface area contributed by atoms with E-state index >= 15 is 0 Å². The van der Waals surface area contributed by atoms with Crippen molar-refractivity contribution in [3.63, 3.8) is 0 Å². The number of aryl methyl sites for hydroxylation is 1. The van der Waals surface area contributed by atoms with E-state index in [1.165, 1.54) is 5.56 Å². The molecule has 3 aromatic carbocycles. The third-order valence-electron chi connectivity index (χ3n) is 4.46. The lowest BCUT2D eigenvalue weighted by Crippen LogP contribution is -2.17. The zero-order chi connectivity index (χ0) is 14.6. The number of hydrogen-bond donors (Lipinski definition) is 2. The van der Waals surface area contributed by atoms with Gasteiger partial charge in [0.1, 0.15) is 12.2 Å². The lowest BCUT2D eigenvalue weighted by molar-refractivity contribution is 0.0159. The number of aliphatic hydroxyl groups excluding tert-OH is 2. The second-order valence-corrected chi connectivity index (χ2v) is 5.71. The summed E-state index contributed by atoms with van der Waals surface area (Å²) in [5, 5.41) is 23.1. The summed E-state index contributed by atoms with van der Waals surface area (Å²) in [7, 11) is 0. The maximum atomic E-state index is 10.5. The van der Waals surface area contributed by atoms with E-state index in [9.17, 15) is 10.2 Å². The van der Waals surface area contributed by atoms with Gasteiger partial charge >= 0.3 is 0 Å². The van der Waals surface area contributed by atoms with Crippen molar-refractivity contribution in [1.29, 1.82) is 0 Å². The summed E-state index contributed by atoms with van der Waals surface area (Å²) in [6.07, 6.45) is -1.74. The molecule has 0 bridgehead atoms. The van der Waals surface area contributed by atoms with Crippen LogP contribution in [0.5, 0.6) is 0 Å². The topological polar surface area (TPSA) is 40.5 Å². The van der Waals surface area contributed by atoms with E-state index in [0.29, 0.717) is 0 Å². The van der Waals surface area contributed by atoms with Crippen LogP contribution in [-0.2, 0) is 0 Å². The van der Waals surface area contributed by atoms with Gasteiger partial charge in [-0.3, -0.25) is 0 Å². The zero-order valence-corrected chi connectivity index (χ0v) is 11.7. The molecule has 0 heterocycles. The molecule has 0 saturated heterocycles. The van der Waals surface area contributed by atoms with Crippen LogP contribution in [0.2, 0.25) is 0 Å². The fraction of sp³-hybridized carbons (Fsp3) is 0.158. The second-order valence-electron chi connectivity index (χ2n) is 5.71. The molecule has 0 aliphatic heterocycles. The van der Waals surface area contributed by atoms with Crippen LogP contribution in [0.4, 0.5) is 0 Å². The summed E-state index contributed by atoms with van der Waals surface area (Å²) in [6, 6.07) is 18.1. The first kappa shape index (κ1) is 12.6. The highest BCUT2D eigenvalue weighted by Gasteiger charge is 2.31. The summed E-state index contributed by atoms with van der Waals surface area (Å²) in [6.45, 7) is 2.06. The van der Waals surface area contributed by atoms with Gasteiger partial charge in [-0.25, -0.2) is 0 Å². The summed E-state index contributed by atoms with van der Waals surface area (Å²) < 4.78 is 0. The van der Waals surface area contributed by atoms with E-state index < -0.39 is 12.2 Å². The number of benzene rings is 3. The van der Waals surface area contributed by atoms with Crippen molar-refractivity contribution in [2.75, 3.05) is 0 Å². The van der Waals surface area contributed by atoms with Crippen molar-refractivity contribution in [2.45, 2.75) is 19.1 Å². The van der Waals surface area contributed by atoms with Crippen molar-refractivity contribution in [3.05, 3.63) is 71.3 Å². The molecule has 0 saturated carbocycles. The van der Waals surface area contributed by atoms with Crippen LogP contribution in [0.3, 0.4) is 0 Å². The Bertz CT molecular complexity index is 851. The normalized spacial score (nSPS) is 20.1. The maximum Gasteiger partial charge on any atom is 0.110 e. The molecule has 21 heavy (non-hydrogen) atoms. The minimum Gasteiger partial charge on any atom is -0.385 e. The predicted molar refractivity (Wildman–Crippen MR) is 84.0 cm³/mol. The fourth-order valence-electron chi connectivity index (χ4n) is 3.32. The summed E-state index contributed by atoms with van der Waals surface area (Å²) in [5.41, 5.74) is 4.80. The molecule has 0 unspecified atom stereocenters. The van der Waals surface area contributed by atoms with Crippen LogP contribution in [-0.4, -0.2) is 10.2 Å². The first-order chi connectivity index (χ1) is 10.2. The monoisotopic (exact) mass is 276 g/mol. The molecule has 3 aromatic rings. The zero-order valence-electron chi connectivity index (χ0n) is 11.7. The summed E-state index contributed by atoms with van der Waals surface area (Å²) in [5.74, 6) is 0. The highest BCUT2D eigenvalue weighted by molar-refractivity contribution is 5.92. The van der Waals surface area contributed by atoms with Gasteiger partial charge in [-0.15, -0.1) is 0 Å². The molecule has 4 rings (SSSR count). The largest absolute Gasteiger partial charge is 0.385 e. The Kier molecular flexibility index (Phi) is 2.64. The molecule has 104 valence electrons. The first-order valence-electron chi connectivity index (χ1n) is 7.15. The SMILES string of the molecule is Cc1cccc2cc3c(cc12)[C@H](O)[C@@H](O)c1ccccc1-3. The molecule has 0 aromatic heterocycles. The van der Waals surface area contributed by atoms with Crippen LogP contribution in [0.1, 0.15) is 28.9 Å². The second kappa shape index (κ2) is 4.42. The van der Waals surface area contributed by atoms with Crippen molar-refractivity contribution in [3.8, 4) is 11.1 Å². The molecule has 2 heteroatoms. The van der Waals surface area contributed by atoms with Gasteiger partial charge < -0.3 is 10.2 Å². The molecular weight excluding hydrogens is 260 g/mol. The Labute approximate surface area is 123 Å². The van der Waals surface area contributed by atoms with Crippen LogP contribution in [0.15, 0.2) is 54.6 Å². The van der Waals surface area contributed by atoms with E-state index in [-0.39, 0.29) is 0 Å². The molecule has 2 N–H and O–H groups in total. The molecule has 0 radical (unpaired) electrons. The van der Waals surface area contributed by atoms with Crippen molar-refractivity contribution in [2.24, 2.45) is 0 Å². The van der Waals surface area contributed by atoms with E-state index in [4.69, 9.17) is 0 Å². The third kappa shape index (κ3) is 1.73. The molecule has 0 amide bonds. The van der Waals surface area contributed by atoms with Gasteiger partial charge in [-0.2, -0.15) is 0 Å². The Morgan fingerprint density at radius 2 is 1.52 bits per heavy atom. The molecular formula is C19H16O2. The maximum absolute atomic E-state index is 10.5. The van der Waals surface area contributed by atoms with E-state index in [1.54, 1.807) is 0 Å². The molecule has 1 aliphatic rings.